The predicted molar refractivity (Wildman–Crippen MR) is 111 cm³/mol. The molecule has 2 saturated heterocycles. The number of anilines is 2. The van der Waals surface area contributed by atoms with Crippen LogP contribution in [0.1, 0.15) is 11.7 Å². The molecular formula is C22H16BrN3O3. The van der Waals surface area contributed by atoms with Gasteiger partial charge in [-0.05, 0) is 48.5 Å². The maximum atomic E-state index is 13.4. The molecule has 0 aliphatic carbocycles. The number of pyridine rings is 1. The van der Waals surface area contributed by atoms with Gasteiger partial charge in [0.1, 0.15) is 12.0 Å². The van der Waals surface area contributed by atoms with E-state index in [1.54, 1.807) is 35.5 Å². The molecule has 2 aromatic carbocycles. The van der Waals surface area contributed by atoms with Crippen molar-refractivity contribution in [2.45, 2.75) is 12.1 Å². The molecule has 0 unspecified atom stereocenters. The first-order valence-electron chi connectivity index (χ1n) is 9.20. The fraction of sp³-hybridized carbons (Fsp3) is 0.136. The quantitative estimate of drug-likeness (QED) is 0.567. The number of para-hydroxylation sites is 1. The smallest absolute Gasteiger partial charge is 0.266 e. The van der Waals surface area contributed by atoms with E-state index in [0.717, 1.165) is 10.2 Å². The first kappa shape index (κ1) is 18.0. The molecule has 7 heteroatoms. The summed E-state index contributed by atoms with van der Waals surface area (Å²) in [5.74, 6) is -1.32. The van der Waals surface area contributed by atoms with E-state index in [9.17, 15) is 9.59 Å². The number of hydroxylamine groups is 1. The molecule has 2 fully saturated rings. The predicted octanol–water partition coefficient (Wildman–Crippen LogP) is 3.90. The molecule has 2 aliphatic heterocycles. The Labute approximate surface area is 175 Å². The van der Waals surface area contributed by atoms with Crippen molar-refractivity contribution in [2.24, 2.45) is 5.92 Å². The summed E-state index contributed by atoms with van der Waals surface area (Å²) >= 11 is 3.38. The van der Waals surface area contributed by atoms with Gasteiger partial charge < -0.3 is 0 Å². The molecule has 3 heterocycles. The van der Waals surface area contributed by atoms with Gasteiger partial charge in [-0.15, -0.1) is 0 Å². The van der Waals surface area contributed by atoms with Crippen molar-refractivity contribution in [3.63, 3.8) is 0 Å². The number of amides is 2. The average Bonchev–Trinajstić information content (AvgIpc) is 3.27. The molecule has 0 spiro atoms. The van der Waals surface area contributed by atoms with Gasteiger partial charge in [0.2, 0.25) is 5.91 Å². The van der Waals surface area contributed by atoms with Crippen LogP contribution in [0.4, 0.5) is 11.4 Å². The van der Waals surface area contributed by atoms with Crippen LogP contribution in [0.3, 0.4) is 0 Å². The molecule has 3 atom stereocenters. The number of halogens is 1. The molecule has 0 N–H and O–H groups in total. The van der Waals surface area contributed by atoms with Crippen molar-refractivity contribution in [1.82, 2.24) is 4.98 Å². The summed E-state index contributed by atoms with van der Waals surface area (Å²) in [6.45, 7) is 0. The number of carbonyl (C=O) groups excluding carboxylic acids is 2. The van der Waals surface area contributed by atoms with Crippen LogP contribution in [0.2, 0.25) is 0 Å². The van der Waals surface area contributed by atoms with Crippen LogP contribution < -0.4 is 9.96 Å². The second-order valence-electron chi connectivity index (χ2n) is 6.90. The van der Waals surface area contributed by atoms with Gasteiger partial charge in [0.15, 0.2) is 6.10 Å². The topological polar surface area (TPSA) is 62.7 Å². The largest absolute Gasteiger partial charge is 0.273 e. The van der Waals surface area contributed by atoms with Crippen molar-refractivity contribution >= 4 is 39.1 Å². The van der Waals surface area contributed by atoms with E-state index in [4.69, 9.17) is 4.84 Å². The molecule has 144 valence electrons. The third-order valence-electron chi connectivity index (χ3n) is 5.20. The van der Waals surface area contributed by atoms with Gasteiger partial charge >= 0.3 is 0 Å². The molecule has 6 nitrogen and oxygen atoms in total. The van der Waals surface area contributed by atoms with Gasteiger partial charge in [0.05, 0.1) is 17.1 Å². The van der Waals surface area contributed by atoms with E-state index < -0.39 is 18.1 Å². The van der Waals surface area contributed by atoms with E-state index >= 15 is 0 Å². The number of benzene rings is 2. The van der Waals surface area contributed by atoms with Gasteiger partial charge in [-0.25, -0.2) is 9.96 Å². The SMILES string of the molecule is O=C1[C@@H]2[C@@H](ON(c3ccccc3)[C@H]2c2ccccn2)C(=O)N1c1ccc(Br)cc1. The molecule has 0 radical (unpaired) electrons. The summed E-state index contributed by atoms with van der Waals surface area (Å²) in [6, 6.07) is 21.6. The molecule has 2 aliphatic rings. The second-order valence-corrected chi connectivity index (χ2v) is 7.82. The van der Waals surface area contributed by atoms with Crippen molar-refractivity contribution in [2.75, 3.05) is 9.96 Å². The monoisotopic (exact) mass is 449 g/mol. The highest BCUT2D eigenvalue weighted by Crippen LogP contribution is 2.47. The number of carbonyl (C=O) groups is 2. The second kappa shape index (κ2) is 7.09. The zero-order chi connectivity index (χ0) is 20.0. The zero-order valence-electron chi connectivity index (χ0n) is 15.2. The van der Waals surface area contributed by atoms with E-state index in [1.165, 1.54) is 4.90 Å². The minimum Gasteiger partial charge on any atom is -0.273 e. The fourth-order valence-electron chi connectivity index (χ4n) is 3.91. The Morgan fingerprint density at radius 3 is 2.24 bits per heavy atom. The summed E-state index contributed by atoms with van der Waals surface area (Å²) in [5.41, 5.74) is 1.99. The minimum atomic E-state index is -0.890. The Morgan fingerprint density at radius 2 is 1.55 bits per heavy atom. The van der Waals surface area contributed by atoms with Gasteiger partial charge in [0.25, 0.3) is 5.91 Å². The van der Waals surface area contributed by atoms with Gasteiger partial charge in [-0.3, -0.25) is 19.4 Å². The van der Waals surface area contributed by atoms with Crippen LogP contribution in [0.15, 0.2) is 83.5 Å². The van der Waals surface area contributed by atoms with Gasteiger partial charge in [-0.1, -0.05) is 40.2 Å². The lowest BCUT2D eigenvalue weighted by Crippen LogP contribution is -2.37. The van der Waals surface area contributed by atoms with E-state index in [1.807, 2.05) is 48.5 Å². The Morgan fingerprint density at radius 1 is 0.828 bits per heavy atom. The van der Waals surface area contributed by atoms with Crippen molar-refractivity contribution in [1.29, 1.82) is 0 Å². The number of rotatable bonds is 3. The molecule has 0 bridgehead atoms. The Balaban J connectivity index is 1.58. The van der Waals surface area contributed by atoms with Crippen molar-refractivity contribution < 1.29 is 14.4 Å². The van der Waals surface area contributed by atoms with Crippen LogP contribution >= 0.6 is 15.9 Å². The van der Waals surface area contributed by atoms with E-state index in [2.05, 4.69) is 20.9 Å². The van der Waals surface area contributed by atoms with Crippen molar-refractivity contribution in [3.05, 3.63) is 89.2 Å². The summed E-state index contributed by atoms with van der Waals surface area (Å²) < 4.78 is 0.874. The molecular weight excluding hydrogens is 434 g/mol. The minimum absolute atomic E-state index is 0.281. The lowest BCUT2D eigenvalue weighted by atomic mass is 9.93. The third kappa shape index (κ3) is 2.94. The van der Waals surface area contributed by atoms with Crippen LogP contribution in [0.25, 0.3) is 0 Å². The van der Waals surface area contributed by atoms with Crippen LogP contribution in [-0.4, -0.2) is 22.9 Å². The Bertz CT molecular complexity index is 1060. The normalized spacial score (nSPS) is 23.6. The first-order chi connectivity index (χ1) is 14.1. The van der Waals surface area contributed by atoms with Crippen LogP contribution in [0, 0.1) is 5.92 Å². The highest BCUT2D eigenvalue weighted by atomic mass is 79.9. The van der Waals surface area contributed by atoms with Crippen LogP contribution in [0.5, 0.6) is 0 Å². The number of nitrogens with zero attached hydrogens (tertiary/aromatic N) is 3. The standard InChI is InChI=1S/C22H16BrN3O3/c23-14-9-11-15(12-10-14)25-21(27)18-19(17-8-4-5-13-24-17)26(29-20(18)22(25)28)16-6-2-1-3-7-16/h1-13,18-20H/t18-,19-,20+/m0/s1. The van der Waals surface area contributed by atoms with Crippen LogP contribution in [-0.2, 0) is 14.4 Å². The lowest BCUT2D eigenvalue weighted by Gasteiger charge is -2.28. The maximum absolute atomic E-state index is 13.4. The van der Waals surface area contributed by atoms with Gasteiger partial charge in [-0.2, -0.15) is 0 Å². The highest BCUT2D eigenvalue weighted by molar-refractivity contribution is 9.10. The number of fused-ring (bicyclic) bond motifs is 1. The van der Waals surface area contributed by atoms with Crippen molar-refractivity contribution in [3.8, 4) is 0 Å². The summed E-state index contributed by atoms with van der Waals surface area (Å²) in [4.78, 5) is 38.3. The number of imide groups is 1. The molecule has 0 saturated carbocycles. The number of hydrogen-bond donors (Lipinski definition) is 0. The molecule has 5 rings (SSSR count). The lowest BCUT2D eigenvalue weighted by molar-refractivity contribution is -0.126. The summed E-state index contributed by atoms with van der Waals surface area (Å²) in [7, 11) is 0. The zero-order valence-corrected chi connectivity index (χ0v) is 16.8. The maximum Gasteiger partial charge on any atom is 0.266 e. The number of aromatic nitrogens is 1. The molecule has 29 heavy (non-hydrogen) atoms. The summed E-state index contributed by atoms with van der Waals surface area (Å²) in [5, 5.41) is 1.65. The molecule has 1 aromatic heterocycles. The average molecular weight is 450 g/mol. The Kier molecular flexibility index (Phi) is 4.41. The van der Waals surface area contributed by atoms with Gasteiger partial charge in [0, 0.05) is 10.7 Å². The number of hydrogen-bond acceptors (Lipinski definition) is 5. The molecule has 2 amide bonds. The fourth-order valence-corrected chi connectivity index (χ4v) is 4.17. The molecule has 3 aromatic rings. The first-order valence-corrected chi connectivity index (χ1v) is 10.00. The Hall–Kier alpha value is -3.03. The highest BCUT2D eigenvalue weighted by Gasteiger charge is 2.60. The third-order valence-corrected chi connectivity index (χ3v) is 5.73. The summed E-state index contributed by atoms with van der Waals surface area (Å²) in [6.07, 6.45) is 0.790. The van der Waals surface area contributed by atoms with E-state index in [0.29, 0.717) is 11.4 Å². The van der Waals surface area contributed by atoms with E-state index in [-0.39, 0.29) is 11.8 Å².